The molecule has 0 heterocycles. The minimum Gasteiger partial charge on any atom is -0.496 e. The summed E-state index contributed by atoms with van der Waals surface area (Å²) in [6.07, 6.45) is 0.773. The van der Waals surface area contributed by atoms with Gasteiger partial charge in [-0.15, -0.1) is 0 Å². The molecular weight excluding hydrogens is 226 g/mol. The molecule has 1 aromatic carbocycles. The van der Waals surface area contributed by atoms with Crippen LogP contribution in [0.3, 0.4) is 0 Å². The molecule has 0 aliphatic heterocycles. The number of amides is 1. The van der Waals surface area contributed by atoms with Gasteiger partial charge in [0.2, 0.25) is 0 Å². The second-order valence-electron chi connectivity index (χ2n) is 3.63. The van der Waals surface area contributed by atoms with Crippen LogP contribution in [0.5, 0.6) is 5.75 Å². The maximum Gasteiger partial charge on any atom is 0.313 e. The number of methoxy groups -OCH3 is 1. The summed E-state index contributed by atoms with van der Waals surface area (Å²) in [4.78, 5) is 10.5. The Balaban J connectivity index is 2.74. The lowest BCUT2D eigenvalue weighted by atomic mass is 10.00. The molecule has 1 amide bonds. The molecule has 16 heavy (non-hydrogen) atoms. The first-order chi connectivity index (χ1) is 7.56. The van der Waals surface area contributed by atoms with Gasteiger partial charge < -0.3 is 10.1 Å². The molecule has 0 aliphatic carbocycles. The lowest BCUT2D eigenvalue weighted by Crippen LogP contribution is -2.19. The van der Waals surface area contributed by atoms with Crippen LogP contribution >= 0.6 is 11.6 Å². The van der Waals surface area contributed by atoms with Crippen molar-refractivity contribution < 1.29 is 9.53 Å². The van der Waals surface area contributed by atoms with Crippen molar-refractivity contribution in [2.75, 3.05) is 13.7 Å². The molecular formula is C12H16ClNO2. The summed E-state index contributed by atoms with van der Waals surface area (Å²) < 4.78 is 5.23. The third kappa shape index (κ3) is 3.14. The van der Waals surface area contributed by atoms with Crippen LogP contribution in [0.1, 0.15) is 16.7 Å². The van der Waals surface area contributed by atoms with Gasteiger partial charge in [-0.3, -0.25) is 4.79 Å². The number of hydrogen-bond acceptors (Lipinski definition) is 2. The standard InChI is InChI=1S/C12H16ClNO2/c1-8-9(2)11(16-3)5-4-10(8)6-7-14-12(13)15/h4-5H,6-7H2,1-3H3,(H,14,15). The Morgan fingerprint density at radius 3 is 2.62 bits per heavy atom. The Morgan fingerprint density at radius 2 is 2.06 bits per heavy atom. The average Bonchev–Trinajstić information content (AvgIpc) is 2.24. The predicted molar refractivity (Wildman–Crippen MR) is 65.4 cm³/mol. The van der Waals surface area contributed by atoms with Gasteiger partial charge in [0.25, 0.3) is 0 Å². The van der Waals surface area contributed by atoms with E-state index < -0.39 is 5.37 Å². The van der Waals surface area contributed by atoms with Gasteiger partial charge in [0, 0.05) is 6.54 Å². The highest BCUT2D eigenvalue weighted by Gasteiger charge is 2.06. The molecule has 0 bridgehead atoms. The molecule has 88 valence electrons. The second kappa shape index (κ2) is 5.75. The fourth-order valence-corrected chi connectivity index (χ4v) is 1.73. The molecule has 0 saturated carbocycles. The van der Waals surface area contributed by atoms with Crippen LogP contribution in [0.2, 0.25) is 0 Å². The number of carbonyl (C=O) groups excluding carboxylic acids is 1. The van der Waals surface area contributed by atoms with Crippen molar-refractivity contribution in [3.8, 4) is 5.75 Å². The van der Waals surface area contributed by atoms with Crippen LogP contribution in [0.25, 0.3) is 0 Å². The first-order valence-electron chi connectivity index (χ1n) is 5.12. The van der Waals surface area contributed by atoms with Crippen molar-refractivity contribution in [1.82, 2.24) is 5.32 Å². The Labute approximate surface area is 101 Å². The quantitative estimate of drug-likeness (QED) is 0.650. The van der Waals surface area contributed by atoms with Crippen LogP contribution in [0, 0.1) is 13.8 Å². The minimum atomic E-state index is -0.511. The lowest BCUT2D eigenvalue weighted by Gasteiger charge is -2.12. The van der Waals surface area contributed by atoms with E-state index in [1.54, 1.807) is 7.11 Å². The highest BCUT2D eigenvalue weighted by atomic mass is 35.5. The van der Waals surface area contributed by atoms with Gasteiger partial charge in [-0.05, 0) is 54.6 Å². The zero-order chi connectivity index (χ0) is 12.1. The number of benzene rings is 1. The molecule has 1 aromatic rings. The number of hydrogen-bond donors (Lipinski definition) is 1. The minimum absolute atomic E-state index is 0.511. The van der Waals surface area contributed by atoms with Crippen molar-refractivity contribution in [2.24, 2.45) is 0 Å². The van der Waals surface area contributed by atoms with Gasteiger partial charge in [-0.25, -0.2) is 0 Å². The van der Waals surface area contributed by atoms with E-state index in [1.807, 2.05) is 19.1 Å². The summed E-state index contributed by atoms with van der Waals surface area (Å²) in [7, 11) is 1.66. The molecule has 4 heteroatoms. The maximum absolute atomic E-state index is 10.5. The van der Waals surface area contributed by atoms with Gasteiger partial charge in [0.15, 0.2) is 0 Å². The van der Waals surface area contributed by atoms with Crippen molar-refractivity contribution in [2.45, 2.75) is 20.3 Å². The zero-order valence-corrected chi connectivity index (χ0v) is 10.5. The lowest BCUT2D eigenvalue weighted by molar-refractivity contribution is 0.260. The van der Waals surface area contributed by atoms with Gasteiger partial charge in [0.1, 0.15) is 5.75 Å². The number of rotatable bonds is 4. The first kappa shape index (κ1) is 12.8. The molecule has 0 radical (unpaired) electrons. The molecule has 0 atom stereocenters. The van der Waals surface area contributed by atoms with Crippen molar-refractivity contribution in [3.05, 3.63) is 28.8 Å². The molecule has 1 rings (SSSR count). The Kier molecular flexibility index (Phi) is 4.62. The van der Waals surface area contributed by atoms with Crippen LogP contribution in [-0.4, -0.2) is 19.0 Å². The molecule has 0 spiro atoms. The van der Waals surface area contributed by atoms with Crippen LogP contribution in [0.4, 0.5) is 4.79 Å². The van der Waals surface area contributed by atoms with E-state index in [4.69, 9.17) is 16.3 Å². The SMILES string of the molecule is COc1ccc(CCNC(=O)Cl)c(C)c1C. The summed E-state index contributed by atoms with van der Waals surface area (Å²) >= 11 is 5.19. The van der Waals surface area contributed by atoms with Gasteiger partial charge in [-0.1, -0.05) is 6.07 Å². The van der Waals surface area contributed by atoms with E-state index in [9.17, 15) is 4.79 Å². The topological polar surface area (TPSA) is 38.3 Å². The Bertz CT molecular complexity index is 391. The predicted octanol–water partition coefficient (Wildman–Crippen LogP) is 2.80. The number of halogens is 1. The molecule has 1 N–H and O–H groups in total. The van der Waals surface area contributed by atoms with Crippen molar-refractivity contribution >= 4 is 17.0 Å². The van der Waals surface area contributed by atoms with E-state index in [-0.39, 0.29) is 0 Å². The average molecular weight is 242 g/mol. The summed E-state index contributed by atoms with van der Waals surface area (Å²) in [5, 5.41) is 2.05. The van der Waals surface area contributed by atoms with Gasteiger partial charge >= 0.3 is 5.37 Å². The van der Waals surface area contributed by atoms with Crippen LogP contribution < -0.4 is 10.1 Å². The van der Waals surface area contributed by atoms with E-state index in [0.717, 1.165) is 17.7 Å². The normalized spacial score (nSPS) is 10.0. The van der Waals surface area contributed by atoms with E-state index in [2.05, 4.69) is 12.2 Å². The van der Waals surface area contributed by atoms with Crippen LogP contribution in [0.15, 0.2) is 12.1 Å². The summed E-state index contributed by atoms with van der Waals surface area (Å²) in [5.41, 5.74) is 3.53. The van der Waals surface area contributed by atoms with E-state index >= 15 is 0 Å². The van der Waals surface area contributed by atoms with Crippen molar-refractivity contribution in [3.63, 3.8) is 0 Å². The molecule has 0 saturated heterocycles. The fraction of sp³-hybridized carbons (Fsp3) is 0.417. The zero-order valence-electron chi connectivity index (χ0n) is 9.76. The molecule has 0 unspecified atom stereocenters. The fourth-order valence-electron chi connectivity index (χ4n) is 1.64. The molecule has 0 aromatic heterocycles. The number of carbonyl (C=O) groups is 1. The molecule has 0 fully saturated rings. The summed E-state index contributed by atoms with van der Waals surface area (Å²) in [6.45, 7) is 4.63. The third-order valence-electron chi connectivity index (χ3n) is 2.73. The van der Waals surface area contributed by atoms with Crippen LogP contribution in [-0.2, 0) is 6.42 Å². The van der Waals surface area contributed by atoms with E-state index in [0.29, 0.717) is 6.54 Å². The largest absolute Gasteiger partial charge is 0.496 e. The molecule has 0 aliphatic rings. The Morgan fingerprint density at radius 1 is 1.38 bits per heavy atom. The van der Waals surface area contributed by atoms with Gasteiger partial charge in [-0.2, -0.15) is 0 Å². The smallest absolute Gasteiger partial charge is 0.313 e. The van der Waals surface area contributed by atoms with Crippen molar-refractivity contribution in [1.29, 1.82) is 0 Å². The van der Waals surface area contributed by atoms with E-state index in [1.165, 1.54) is 11.1 Å². The second-order valence-corrected chi connectivity index (χ2v) is 3.97. The monoisotopic (exact) mass is 241 g/mol. The number of ether oxygens (including phenoxy) is 1. The number of nitrogens with one attached hydrogen (secondary N) is 1. The summed E-state index contributed by atoms with van der Waals surface area (Å²) in [5.74, 6) is 0.891. The highest BCUT2D eigenvalue weighted by Crippen LogP contribution is 2.23. The van der Waals surface area contributed by atoms with Gasteiger partial charge in [0.05, 0.1) is 7.11 Å². The summed E-state index contributed by atoms with van der Waals surface area (Å²) in [6, 6.07) is 3.96. The maximum atomic E-state index is 10.5. The highest BCUT2D eigenvalue weighted by molar-refractivity contribution is 6.62. The third-order valence-corrected chi connectivity index (χ3v) is 2.86. The molecule has 3 nitrogen and oxygen atoms in total. The Hall–Kier alpha value is -1.22. The first-order valence-corrected chi connectivity index (χ1v) is 5.50.